The highest BCUT2D eigenvalue weighted by atomic mass is 19.1. The summed E-state index contributed by atoms with van der Waals surface area (Å²) < 4.78 is 26.1. The van der Waals surface area contributed by atoms with Crippen molar-refractivity contribution in [3.8, 4) is 0 Å². The molecule has 1 heterocycles. The second-order valence-electron chi connectivity index (χ2n) is 3.61. The van der Waals surface area contributed by atoms with Gasteiger partial charge in [0.1, 0.15) is 5.82 Å². The van der Waals surface area contributed by atoms with Crippen LogP contribution in [0.4, 0.5) is 14.7 Å². The van der Waals surface area contributed by atoms with E-state index < -0.39 is 5.82 Å². The second-order valence-corrected chi connectivity index (χ2v) is 3.61. The fourth-order valence-electron chi connectivity index (χ4n) is 1.48. The molecule has 1 aromatic heterocycles. The van der Waals surface area contributed by atoms with E-state index in [0.717, 1.165) is 12.4 Å². The van der Waals surface area contributed by atoms with Gasteiger partial charge in [0.05, 0.1) is 18.4 Å². The molecule has 2 aromatic rings. The van der Waals surface area contributed by atoms with Crippen molar-refractivity contribution in [2.45, 2.75) is 13.0 Å². The van der Waals surface area contributed by atoms with Gasteiger partial charge in [-0.3, -0.25) is 0 Å². The van der Waals surface area contributed by atoms with Crippen molar-refractivity contribution in [2.24, 2.45) is 0 Å². The maximum absolute atomic E-state index is 13.5. The predicted molar refractivity (Wildman–Crippen MR) is 60.4 cm³/mol. The Labute approximate surface area is 97.5 Å². The number of rotatable bonds is 3. The lowest BCUT2D eigenvalue weighted by Crippen LogP contribution is -2.10. The molecule has 0 saturated carbocycles. The molecule has 1 atom stereocenters. The van der Waals surface area contributed by atoms with Crippen LogP contribution in [0.2, 0.25) is 0 Å². The van der Waals surface area contributed by atoms with Gasteiger partial charge in [-0.15, -0.1) is 0 Å². The molecule has 17 heavy (non-hydrogen) atoms. The highest BCUT2D eigenvalue weighted by molar-refractivity contribution is 5.31. The summed E-state index contributed by atoms with van der Waals surface area (Å²) >= 11 is 0. The standard InChI is InChI=1S/C12H11F2N3/c1-8(10-4-2-3-5-11(10)14)17-12-15-6-9(13)7-16-12/h2-8H,1H3,(H,15,16,17). The Bertz CT molecular complexity index is 499. The van der Waals surface area contributed by atoms with Gasteiger partial charge in [0.15, 0.2) is 5.82 Å². The molecule has 0 radical (unpaired) electrons. The van der Waals surface area contributed by atoms with Gasteiger partial charge in [-0.1, -0.05) is 18.2 Å². The second kappa shape index (κ2) is 4.86. The van der Waals surface area contributed by atoms with Gasteiger partial charge < -0.3 is 5.32 Å². The fraction of sp³-hybridized carbons (Fsp3) is 0.167. The minimum Gasteiger partial charge on any atom is -0.348 e. The number of hydrogen-bond donors (Lipinski definition) is 1. The average Bonchev–Trinajstić information content (AvgIpc) is 2.32. The van der Waals surface area contributed by atoms with Crippen LogP contribution in [0, 0.1) is 11.6 Å². The zero-order valence-electron chi connectivity index (χ0n) is 9.19. The molecule has 2 rings (SSSR count). The lowest BCUT2D eigenvalue weighted by atomic mass is 10.1. The van der Waals surface area contributed by atoms with Crippen LogP contribution in [0.25, 0.3) is 0 Å². The predicted octanol–water partition coefficient (Wildman–Crippen LogP) is 2.93. The van der Waals surface area contributed by atoms with Gasteiger partial charge in [0, 0.05) is 5.56 Å². The van der Waals surface area contributed by atoms with Crippen molar-refractivity contribution in [3.05, 3.63) is 53.9 Å². The molecule has 1 N–H and O–H groups in total. The zero-order chi connectivity index (χ0) is 12.3. The topological polar surface area (TPSA) is 37.8 Å². The van der Waals surface area contributed by atoms with Crippen LogP contribution in [-0.2, 0) is 0 Å². The van der Waals surface area contributed by atoms with Crippen LogP contribution < -0.4 is 5.32 Å². The van der Waals surface area contributed by atoms with E-state index in [-0.39, 0.29) is 17.8 Å². The summed E-state index contributed by atoms with van der Waals surface area (Å²) in [4.78, 5) is 7.51. The molecule has 0 bridgehead atoms. The van der Waals surface area contributed by atoms with Crippen LogP contribution in [0.15, 0.2) is 36.7 Å². The Kier molecular flexibility index (Phi) is 3.27. The van der Waals surface area contributed by atoms with E-state index in [1.54, 1.807) is 25.1 Å². The first-order valence-electron chi connectivity index (χ1n) is 5.15. The number of halogens is 2. The monoisotopic (exact) mass is 235 g/mol. The van der Waals surface area contributed by atoms with Gasteiger partial charge in [-0.2, -0.15) is 0 Å². The van der Waals surface area contributed by atoms with E-state index in [1.165, 1.54) is 6.07 Å². The number of nitrogens with one attached hydrogen (secondary N) is 1. The van der Waals surface area contributed by atoms with E-state index in [1.807, 2.05) is 0 Å². The number of benzene rings is 1. The van der Waals surface area contributed by atoms with Crippen molar-refractivity contribution >= 4 is 5.95 Å². The normalized spacial score (nSPS) is 12.2. The maximum Gasteiger partial charge on any atom is 0.223 e. The molecule has 0 fully saturated rings. The molecule has 0 aliphatic heterocycles. The molecule has 1 unspecified atom stereocenters. The summed E-state index contributed by atoms with van der Waals surface area (Å²) in [7, 11) is 0. The third-order valence-electron chi connectivity index (χ3n) is 2.34. The minimum absolute atomic E-state index is 0.266. The highest BCUT2D eigenvalue weighted by Gasteiger charge is 2.10. The summed E-state index contributed by atoms with van der Waals surface area (Å²) in [5, 5.41) is 2.90. The summed E-state index contributed by atoms with van der Waals surface area (Å²) in [6.45, 7) is 1.78. The molecule has 3 nitrogen and oxygen atoms in total. The molecule has 5 heteroatoms. The summed E-state index contributed by atoms with van der Waals surface area (Å²) in [5.74, 6) is -0.536. The Balaban J connectivity index is 2.14. The summed E-state index contributed by atoms with van der Waals surface area (Å²) in [6, 6.07) is 6.15. The highest BCUT2D eigenvalue weighted by Crippen LogP contribution is 2.19. The Morgan fingerprint density at radius 1 is 1.12 bits per heavy atom. The lowest BCUT2D eigenvalue weighted by Gasteiger charge is -2.14. The molecular weight excluding hydrogens is 224 g/mol. The van der Waals surface area contributed by atoms with Crippen molar-refractivity contribution in [2.75, 3.05) is 5.32 Å². The molecule has 0 saturated heterocycles. The largest absolute Gasteiger partial charge is 0.348 e. The first-order chi connectivity index (χ1) is 8.16. The van der Waals surface area contributed by atoms with Crippen molar-refractivity contribution in [3.63, 3.8) is 0 Å². The van der Waals surface area contributed by atoms with Gasteiger partial charge in [-0.25, -0.2) is 18.7 Å². The van der Waals surface area contributed by atoms with E-state index in [2.05, 4.69) is 15.3 Å². The minimum atomic E-state index is -0.505. The summed E-state index contributed by atoms with van der Waals surface area (Å²) in [6.07, 6.45) is 2.12. The van der Waals surface area contributed by atoms with Crippen molar-refractivity contribution in [1.82, 2.24) is 9.97 Å². The number of nitrogens with zero attached hydrogens (tertiary/aromatic N) is 2. The molecular formula is C12H11F2N3. The molecule has 0 aliphatic rings. The van der Waals surface area contributed by atoms with Crippen LogP contribution in [0.3, 0.4) is 0 Å². The lowest BCUT2D eigenvalue weighted by molar-refractivity contribution is 0.597. The maximum atomic E-state index is 13.5. The number of anilines is 1. The third-order valence-corrected chi connectivity index (χ3v) is 2.34. The first-order valence-corrected chi connectivity index (χ1v) is 5.15. The quantitative estimate of drug-likeness (QED) is 0.888. The van der Waals surface area contributed by atoms with Gasteiger partial charge in [0.2, 0.25) is 5.95 Å². The van der Waals surface area contributed by atoms with Gasteiger partial charge in [-0.05, 0) is 13.0 Å². The third kappa shape index (κ3) is 2.75. The van der Waals surface area contributed by atoms with Crippen LogP contribution in [-0.4, -0.2) is 9.97 Å². The average molecular weight is 235 g/mol. The molecule has 1 aromatic carbocycles. The van der Waals surface area contributed by atoms with Gasteiger partial charge in [0.25, 0.3) is 0 Å². The van der Waals surface area contributed by atoms with E-state index in [0.29, 0.717) is 5.56 Å². The fourth-order valence-corrected chi connectivity index (χ4v) is 1.48. The molecule has 0 amide bonds. The van der Waals surface area contributed by atoms with Crippen LogP contribution in [0.5, 0.6) is 0 Å². The first kappa shape index (κ1) is 11.4. The van der Waals surface area contributed by atoms with E-state index in [4.69, 9.17) is 0 Å². The molecule has 0 spiro atoms. The molecule has 0 aliphatic carbocycles. The smallest absolute Gasteiger partial charge is 0.223 e. The Morgan fingerprint density at radius 3 is 2.41 bits per heavy atom. The van der Waals surface area contributed by atoms with E-state index in [9.17, 15) is 8.78 Å². The zero-order valence-corrected chi connectivity index (χ0v) is 9.19. The van der Waals surface area contributed by atoms with Gasteiger partial charge >= 0.3 is 0 Å². The Hall–Kier alpha value is -2.04. The number of hydrogen-bond acceptors (Lipinski definition) is 3. The summed E-state index contributed by atoms with van der Waals surface area (Å²) in [5.41, 5.74) is 0.514. The van der Waals surface area contributed by atoms with Crippen LogP contribution in [0.1, 0.15) is 18.5 Å². The van der Waals surface area contributed by atoms with Crippen molar-refractivity contribution in [1.29, 1.82) is 0 Å². The van der Waals surface area contributed by atoms with Crippen LogP contribution >= 0.6 is 0 Å². The van der Waals surface area contributed by atoms with E-state index >= 15 is 0 Å². The van der Waals surface area contributed by atoms with Crippen molar-refractivity contribution < 1.29 is 8.78 Å². The SMILES string of the molecule is CC(Nc1ncc(F)cn1)c1ccccc1F. The number of aromatic nitrogens is 2. The molecule has 88 valence electrons. The Morgan fingerprint density at radius 2 is 1.76 bits per heavy atom.